The van der Waals surface area contributed by atoms with Crippen LogP contribution < -0.4 is 11.1 Å². The van der Waals surface area contributed by atoms with Gasteiger partial charge in [0.25, 0.3) is 0 Å². The molecule has 1 aromatic heterocycles. The summed E-state index contributed by atoms with van der Waals surface area (Å²) in [6, 6.07) is 8.72. The van der Waals surface area contributed by atoms with Crippen molar-refractivity contribution in [2.75, 3.05) is 0 Å². The van der Waals surface area contributed by atoms with Gasteiger partial charge in [-0.15, -0.1) is 24.0 Å². The second kappa shape index (κ2) is 8.85. The fourth-order valence-electron chi connectivity index (χ4n) is 2.85. The van der Waals surface area contributed by atoms with Crippen LogP contribution in [-0.4, -0.2) is 26.8 Å². The van der Waals surface area contributed by atoms with Gasteiger partial charge in [-0.05, 0) is 24.0 Å². The molecule has 0 aliphatic heterocycles. The Balaban J connectivity index is 0.00000192. The number of rotatable bonds is 5. The summed E-state index contributed by atoms with van der Waals surface area (Å²) in [6.45, 7) is 1.28. The van der Waals surface area contributed by atoms with Crippen LogP contribution in [0.5, 0.6) is 0 Å². The topological polar surface area (TPSA) is 81.1 Å². The van der Waals surface area contributed by atoms with E-state index in [9.17, 15) is 0 Å². The Morgan fingerprint density at radius 3 is 2.70 bits per heavy atom. The number of hydrogen-bond donors (Lipinski definition) is 2. The molecule has 0 atom stereocenters. The molecule has 7 heteroatoms. The number of nitrogens with one attached hydrogen (secondary N) is 1. The monoisotopic (exact) mass is 426 g/mol. The van der Waals surface area contributed by atoms with Gasteiger partial charge < -0.3 is 11.1 Å². The highest BCUT2D eigenvalue weighted by Gasteiger charge is 2.14. The first-order valence-electron chi connectivity index (χ1n) is 7.77. The van der Waals surface area contributed by atoms with Crippen LogP contribution in [0.3, 0.4) is 0 Å². The summed E-state index contributed by atoms with van der Waals surface area (Å²) < 4.78 is 1.81. The van der Waals surface area contributed by atoms with Gasteiger partial charge in [0.1, 0.15) is 12.7 Å². The summed E-state index contributed by atoms with van der Waals surface area (Å²) in [7, 11) is 0. The third-order valence-electron chi connectivity index (χ3n) is 4.04. The van der Waals surface area contributed by atoms with E-state index >= 15 is 0 Å². The van der Waals surface area contributed by atoms with Crippen molar-refractivity contribution < 1.29 is 0 Å². The van der Waals surface area contributed by atoms with Crippen LogP contribution in [0.25, 0.3) is 0 Å². The maximum Gasteiger partial charge on any atom is 0.189 e. The number of aliphatic imine (C=N–C) groups is 1. The van der Waals surface area contributed by atoms with Crippen molar-refractivity contribution in [1.82, 2.24) is 20.1 Å². The van der Waals surface area contributed by atoms with Crippen molar-refractivity contribution in [1.29, 1.82) is 0 Å². The average Bonchev–Trinajstić information content (AvgIpc) is 3.20. The van der Waals surface area contributed by atoms with E-state index in [2.05, 4.69) is 32.5 Å². The summed E-state index contributed by atoms with van der Waals surface area (Å²) in [4.78, 5) is 8.46. The van der Waals surface area contributed by atoms with Gasteiger partial charge in [-0.3, -0.25) is 0 Å². The van der Waals surface area contributed by atoms with Gasteiger partial charge in [-0.25, -0.2) is 14.7 Å². The van der Waals surface area contributed by atoms with E-state index in [1.165, 1.54) is 31.2 Å². The van der Waals surface area contributed by atoms with Crippen LogP contribution in [-0.2, 0) is 13.1 Å². The predicted molar refractivity (Wildman–Crippen MR) is 102 cm³/mol. The Kier molecular flexibility index (Phi) is 6.82. The Morgan fingerprint density at radius 2 is 2.00 bits per heavy atom. The van der Waals surface area contributed by atoms with Gasteiger partial charge in [0.2, 0.25) is 0 Å². The van der Waals surface area contributed by atoms with Crippen LogP contribution in [0.4, 0.5) is 0 Å². The predicted octanol–water partition coefficient (Wildman–Crippen LogP) is 2.29. The van der Waals surface area contributed by atoms with Gasteiger partial charge in [0.05, 0.1) is 13.1 Å². The Labute approximate surface area is 153 Å². The van der Waals surface area contributed by atoms with Gasteiger partial charge in [-0.1, -0.05) is 37.1 Å². The maximum absolute atomic E-state index is 6.00. The number of guanidine groups is 1. The van der Waals surface area contributed by atoms with Crippen molar-refractivity contribution in [3.05, 3.63) is 48.0 Å². The van der Waals surface area contributed by atoms with E-state index in [0.717, 1.165) is 5.56 Å². The fraction of sp³-hybridized carbons (Fsp3) is 0.438. The minimum atomic E-state index is 0. The van der Waals surface area contributed by atoms with E-state index in [0.29, 0.717) is 25.1 Å². The Morgan fingerprint density at radius 1 is 1.26 bits per heavy atom. The minimum Gasteiger partial charge on any atom is -0.370 e. The second-order valence-electron chi connectivity index (χ2n) is 5.69. The zero-order valence-corrected chi connectivity index (χ0v) is 15.4. The number of benzene rings is 1. The molecular weight excluding hydrogens is 403 g/mol. The first-order chi connectivity index (χ1) is 10.8. The first kappa shape index (κ1) is 17.7. The zero-order valence-electron chi connectivity index (χ0n) is 13.1. The SMILES string of the molecule is I.NC(=NCc1ccccc1Cn1cncn1)NC1CCCC1. The molecule has 1 aliphatic rings. The van der Waals surface area contributed by atoms with Crippen LogP contribution in [0.2, 0.25) is 0 Å². The third-order valence-corrected chi connectivity index (χ3v) is 4.04. The standard InChI is InChI=1S/C16H22N6.HI/c17-16(21-15-7-3-4-8-15)19-9-13-5-1-2-6-14(13)10-22-12-18-11-20-22;/h1-2,5-6,11-12,15H,3-4,7-10H2,(H3,17,19,21);1H. The highest BCUT2D eigenvalue weighted by molar-refractivity contribution is 14.0. The highest BCUT2D eigenvalue weighted by Crippen LogP contribution is 2.17. The molecule has 3 rings (SSSR count). The lowest BCUT2D eigenvalue weighted by Crippen LogP contribution is -2.38. The van der Waals surface area contributed by atoms with Gasteiger partial charge >= 0.3 is 0 Å². The number of aromatic nitrogens is 3. The molecule has 1 aliphatic carbocycles. The molecule has 0 unspecified atom stereocenters. The average molecular weight is 426 g/mol. The largest absolute Gasteiger partial charge is 0.370 e. The smallest absolute Gasteiger partial charge is 0.189 e. The van der Waals surface area contributed by atoms with Gasteiger partial charge in [0.15, 0.2) is 5.96 Å². The minimum absolute atomic E-state index is 0. The molecule has 0 amide bonds. The van der Waals surface area contributed by atoms with Crippen molar-refractivity contribution in [2.45, 2.75) is 44.8 Å². The molecule has 0 radical (unpaired) electrons. The fourth-order valence-corrected chi connectivity index (χ4v) is 2.85. The zero-order chi connectivity index (χ0) is 15.2. The van der Waals surface area contributed by atoms with Crippen molar-refractivity contribution in [3.63, 3.8) is 0 Å². The molecule has 124 valence electrons. The maximum atomic E-state index is 6.00. The molecule has 1 fully saturated rings. The molecule has 23 heavy (non-hydrogen) atoms. The molecular formula is C16H23IN6. The van der Waals surface area contributed by atoms with E-state index in [-0.39, 0.29) is 24.0 Å². The van der Waals surface area contributed by atoms with Crippen LogP contribution in [0, 0.1) is 0 Å². The molecule has 1 saturated carbocycles. The van der Waals surface area contributed by atoms with Crippen LogP contribution in [0.15, 0.2) is 41.9 Å². The molecule has 3 N–H and O–H groups in total. The van der Waals surface area contributed by atoms with Crippen LogP contribution >= 0.6 is 24.0 Å². The van der Waals surface area contributed by atoms with Crippen molar-refractivity contribution in [3.8, 4) is 0 Å². The molecule has 0 spiro atoms. The molecule has 1 heterocycles. The lowest BCUT2D eigenvalue weighted by molar-refractivity contribution is 0.625. The quantitative estimate of drug-likeness (QED) is 0.437. The molecule has 0 bridgehead atoms. The van der Waals surface area contributed by atoms with Crippen molar-refractivity contribution in [2.24, 2.45) is 10.7 Å². The van der Waals surface area contributed by atoms with E-state index in [1.807, 2.05) is 16.8 Å². The number of halogens is 1. The number of hydrogen-bond acceptors (Lipinski definition) is 3. The van der Waals surface area contributed by atoms with Gasteiger partial charge in [-0.2, -0.15) is 5.10 Å². The molecule has 1 aromatic carbocycles. The summed E-state index contributed by atoms with van der Waals surface area (Å²) in [5.41, 5.74) is 8.35. The highest BCUT2D eigenvalue weighted by atomic mass is 127. The number of nitrogens with two attached hydrogens (primary N) is 1. The molecule has 6 nitrogen and oxygen atoms in total. The summed E-state index contributed by atoms with van der Waals surface area (Å²) in [5, 5.41) is 7.46. The van der Waals surface area contributed by atoms with E-state index < -0.39 is 0 Å². The van der Waals surface area contributed by atoms with Gasteiger partial charge in [0, 0.05) is 6.04 Å². The lowest BCUT2D eigenvalue weighted by atomic mass is 10.1. The third kappa shape index (κ3) is 5.19. The second-order valence-corrected chi connectivity index (χ2v) is 5.69. The number of nitrogens with zero attached hydrogens (tertiary/aromatic N) is 4. The Hall–Kier alpha value is -1.64. The Bertz CT molecular complexity index is 619. The van der Waals surface area contributed by atoms with Crippen molar-refractivity contribution >= 4 is 29.9 Å². The first-order valence-corrected chi connectivity index (χ1v) is 7.77. The summed E-state index contributed by atoms with van der Waals surface area (Å²) in [5.74, 6) is 0.544. The molecule has 0 saturated heterocycles. The summed E-state index contributed by atoms with van der Waals surface area (Å²) in [6.07, 6.45) is 8.22. The van der Waals surface area contributed by atoms with Crippen LogP contribution in [0.1, 0.15) is 36.8 Å². The normalized spacial score (nSPS) is 15.4. The van der Waals surface area contributed by atoms with E-state index in [1.54, 1.807) is 12.7 Å². The van der Waals surface area contributed by atoms with E-state index in [4.69, 9.17) is 5.73 Å². The summed E-state index contributed by atoms with van der Waals surface area (Å²) >= 11 is 0. The molecule has 2 aromatic rings. The lowest BCUT2D eigenvalue weighted by Gasteiger charge is -2.13.